The Labute approximate surface area is 104 Å². The summed E-state index contributed by atoms with van der Waals surface area (Å²) in [7, 11) is 0. The molecule has 1 unspecified atom stereocenters. The third-order valence-electron chi connectivity index (χ3n) is 2.85. The molecule has 1 atom stereocenters. The molecule has 0 radical (unpaired) electrons. The van der Waals surface area contributed by atoms with Crippen molar-refractivity contribution in [1.29, 1.82) is 0 Å². The van der Waals surface area contributed by atoms with Crippen molar-refractivity contribution in [2.45, 2.75) is 20.0 Å². The Kier molecular flexibility index (Phi) is 3.25. The molecule has 0 aliphatic heterocycles. The number of H-pyrrole nitrogens is 1. The molecule has 1 aromatic carbocycles. The van der Waals surface area contributed by atoms with E-state index < -0.39 is 12.1 Å². The van der Waals surface area contributed by atoms with Gasteiger partial charge in [-0.15, -0.1) is 0 Å². The molecule has 0 spiro atoms. The second kappa shape index (κ2) is 4.70. The van der Waals surface area contributed by atoms with Crippen LogP contribution < -0.4 is 0 Å². The predicted molar refractivity (Wildman–Crippen MR) is 66.3 cm³/mol. The number of esters is 1. The van der Waals surface area contributed by atoms with Gasteiger partial charge in [-0.25, -0.2) is 4.79 Å². The van der Waals surface area contributed by atoms with E-state index in [9.17, 15) is 15.0 Å². The summed E-state index contributed by atoms with van der Waals surface area (Å²) in [5, 5.41) is 20.6. The monoisotopic (exact) mass is 249 g/mol. The number of carbonyl (C=O) groups is 1. The second-order valence-electron chi connectivity index (χ2n) is 4.05. The molecule has 0 amide bonds. The molecule has 0 saturated heterocycles. The lowest BCUT2D eigenvalue weighted by Gasteiger charge is -2.12. The van der Waals surface area contributed by atoms with E-state index >= 15 is 0 Å². The SMILES string of the molecule is CCOC(=O)C(O)c1ccc2[nH]cc(C)c2c1O. The van der Waals surface area contributed by atoms with Crippen LogP contribution in [0.25, 0.3) is 10.9 Å². The maximum atomic E-state index is 11.5. The molecular formula is C13H15NO4. The van der Waals surface area contributed by atoms with Crippen molar-refractivity contribution in [3.63, 3.8) is 0 Å². The van der Waals surface area contributed by atoms with Gasteiger partial charge in [0.15, 0.2) is 6.10 Å². The largest absolute Gasteiger partial charge is 0.507 e. The average Bonchev–Trinajstić information content (AvgIpc) is 2.72. The van der Waals surface area contributed by atoms with Gasteiger partial charge in [-0.2, -0.15) is 0 Å². The van der Waals surface area contributed by atoms with Crippen molar-refractivity contribution < 1.29 is 19.7 Å². The molecule has 0 bridgehead atoms. The van der Waals surface area contributed by atoms with Gasteiger partial charge < -0.3 is 19.9 Å². The molecule has 5 heteroatoms. The van der Waals surface area contributed by atoms with Gasteiger partial charge in [0.05, 0.1) is 6.61 Å². The summed E-state index contributed by atoms with van der Waals surface area (Å²) in [6.45, 7) is 3.67. The summed E-state index contributed by atoms with van der Waals surface area (Å²) in [5.41, 5.74) is 1.76. The quantitative estimate of drug-likeness (QED) is 0.724. The number of aromatic hydroxyl groups is 1. The lowest BCUT2D eigenvalue weighted by molar-refractivity contribution is -0.153. The summed E-state index contributed by atoms with van der Waals surface area (Å²) >= 11 is 0. The minimum Gasteiger partial charge on any atom is -0.507 e. The van der Waals surface area contributed by atoms with Crippen molar-refractivity contribution in [2.24, 2.45) is 0 Å². The zero-order valence-corrected chi connectivity index (χ0v) is 10.2. The molecule has 2 aromatic rings. The molecule has 0 aliphatic rings. The number of hydrogen-bond acceptors (Lipinski definition) is 4. The zero-order valence-electron chi connectivity index (χ0n) is 10.2. The highest BCUT2D eigenvalue weighted by Gasteiger charge is 2.23. The van der Waals surface area contributed by atoms with Crippen LogP contribution in [-0.4, -0.2) is 27.8 Å². The minimum absolute atomic E-state index is 0.0909. The number of hydrogen-bond donors (Lipinski definition) is 3. The number of aryl methyl sites for hydroxylation is 1. The number of carbonyl (C=O) groups excluding carboxylic acids is 1. The minimum atomic E-state index is -1.47. The van der Waals surface area contributed by atoms with Crippen LogP contribution in [0.4, 0.5) is 0 Å². The first-order valence-corrected chi connectivity index (χ1v) is 5.70. The highest BCUT2D eigenvalue weighted by Crippen LogP contribution is 2.34. The number of aliphatic hydroxyl groups is 1. The highest BCUT2D eigenvalue weighted by molar-refractivity contribution is 5.92. The molecule has 0 saturated carbocycles. The van der Waals surface area contributed by atoms with Gasteiger partial charge in [-0.1, -0.05) is 6.07 Å². The maximum Gasteiger partial charge on any atom is 0.339 e. The lowest BCUT2D eigenvalue weighted by Crippen LogP contribution is -2.15. The zero-order chi connectivity index (χ0) is 13.3. The van der Waals surface area contributed by atoms with Crippen molar-refractivity contribution in [3.8, 4) is 5.75 Å². The third kappa shape index (κ3) is 1.93. The molecule has 0 fully saturated rings. The van der Waals surface area contributed by atoms with Gasteiger partial charge in [0.1, 0.15) is 5.75 Å². The van der Waals surface area contributed by atoms with Crippen molar-refractivity contribution in [2.75, 3.05) is 6.61 Å². The first-order chi connectivity index (χ1) is 8.56. The van der Waals surface area contributed by atoms with E-state index in [0.29, 0.717) is 5.39 Å². The van der Waals surface area contributed by atoms with Crippen molar-refractivity contribution >= 4 is 16.9 Å². The van der Waals surface area contributed by atoms with Crippen LogP contribution >= 0.6 is 0 Å². The molecule has 1 aromatic heterocycles. The van der Waals surface area contributed by atoms with Crippen LogP contribution in [0.5, 0.6) is 5.75 Å². The van der Waals surface area contributed by atoms with Gasteiger partial charge in [0.2, 0.25) is 0 Å². The smallest absolute Gasteiger partial charge is 0.339 e. The van der Waals surface area contributed by atoms with E-state index in [1.807, 2.05) is 6.92 Å². The highest BCUT2D eigenvalue weighted by atomic mass is 16.5. The predicted octanol–water partition coefficient (Wildman–Crippen LogP) is 1.78. The van der Waals surface area contributed by atoms with Gasteiger partial charge in [0, 0.05) is 22.7 Å². The fraction of sp³-hybridized carbons (Fsp3) is 0.308. The van der Waals surface area contributed by atoms with Gasteiger partial charge in [-0.05, 0) is 25.5 Å². The molecule has 0 aliphatic carbocycles. The fourth-order valence-electron chi connectivity index (χ4n) is 1.95. The Bertz CT molecular complexity index is 588. The van der Waals surface area contributed by atoms with Crippen molar-refractivity contribution in [1.82, 2.24) is 4.98 Å². The molecule has 96 valence electrons. The van der Waals surface area contributed by atoms with E-state index in [2.05, 4.69) is 4.98 Å². The van der Waals surface area contributed by atoms with Gasteiger partial charge in [0.25, 0.3) is 0 Å². The van der Waals surface area contributed by atoms with Crippen LogP contribution in [0.15, 0.2) is 18.3 Å². The Balaban J connectivity index is 2.48. The van der Waals surface area contributed by atoms with Gasteiger partial charge in [-0.3, -0.25) is 0 Å². The number of phenols is 1. The Hall–Kier alpha value is -2.01. The summed E-state index contributed by atoms with van der Waals surface area (Å²) in [6.07, 6.45) is 0.286. The third-order valence-corrected chi connectivity index (χ3v) is 2.85. The Morgan fingerprint density at radius 1 is 1.50 bits per heavy atom. The first-order valence-electron chi connectivity index (χ1n) is 5.70. The van der Waals surface area contributed by atoms with Gasteiger partial charge >= 0.3 is 5.97 Å². The number of ether oxygens (including phenoxy) is 1. The number of fused-ring (bicyclic) bond motifs is 1. The van der Waals surface area contributed by atoms with Crippen LogP contribution in [0.1, 0.15) is 24.2 Å². The average molecular weight is 249 g/mol. The number of aromatic nitrogens is 1. The van der Waals surface area contributed by atoms with E-state index in [4.69, 9.17) is 4.74 Å². The molecule has 1 heterocycles. The number of aromatic amines is 1. The Morgan fingerprint density at radius 3 is 2.89 bits per heavy atom. The number of rotatable bonds is 3. The van der Waals surface area contributed by atoms with Crippen LogP contribution in [-0.2, 0) is 9.53 Å². The lowest BCUT2D eigenvalue weighted by atomic mass is 10.0. The molecule has 3 N–H and O–H groups in total. The molecule has 2 rings (SSSR count). The summed E-state index contributed by atoms with van der Waals surface area (Å²) in [4.78, 5) is 14.5. The van der Waals surface area contributed by atoms with E-state index in [1.165, 1.54) is 6.07 Å². The maximum absolute atomic E-state index is 11.5. The molecular weight excluding hydrogens is 234 g/mol. The van der Waals surface area contributed by atoms with E-state index in [-0.39, 0.29) is 17.9 Å². The fourth-order valence-corrected chi connectivity index (χ4v) is 1.95. The van der Waals surface area contributed by atoms with Crippen molar-refractivity contribution in [3.05, 3.63) is 29.5 Å². The van der Waals surface area contributed by atoms with Crippen LogP contribution in [0, 0.1) is 6.92 Å². The van der Waals surface area contributed by atoms with E-state index in [1.54, 1.807) is 19.2 Å². The number of phenolic OH excluding ortho intramolecular Hbond substituents is 1. The van der Waals surface area contributed by atoms with E-state index in [0.717, 1.165) is 11.1 Å². The summed E-state index contributed by atoms with van der Waals surface area (Å²) < 4.78 is 4.73. The van der Waals surface area contributed by atoms with Crippen LogP contribution in [0.3, 0.4) is 0 Å². The standard InChI is InChI=1S/C13H15NO4/c1-3-18-13(17)12(16)8-4-5-9-10(11(8)15)7(2)6-14-9/h4-6,12,14-16H,3H2,1-2H3. The normalized spacial score (nSPS) is 12.6. The number of aliphatic hydroxyl groups excluding tert-OH is 1. The summed E-state index contributed by atoms with van der Waals surface area (Å²) in [6, 6.07) is 3.22. The topological polar surface area (TPSA) is 82.5 Å². The Morgan fingerprint density at radius 2 is 2.22 bits per heavy atom. The number of benzene rings is 1. The van der Waals surface area contributed by atoms with Crippen LogP contribution in [0.2, 0.25) is 0 Å². The first kappa shape index (κ1) is 12.4. The number of nitrogens with one attached hydrogen (secondary N) is 1. The molecule has 18 heavy (non-hydrogen) atoms. The summed E-state index contributed by atoms with van der Waals surface area (Å²) in [5.74, 6) is -0.854. The second-order valence-corrected chi connectivity index (χ2v) is 4.05. The molecule has 5 nitrogen and oxygen atoms in total.